The smallest absolute Gasteiger partial charge is 0.239 e. The predicted octanol–water partition coefficient (Wildman–Crippen LogP) is 0.445. The Bertz CT molecular complexity index is 752. The van der Waals surface area contributed by atoms with Crippen molar-refractivity contribution >= 4 is 11.8 Å². The zero-order valence-corrected chi connectivity index (χ0v) is 18.8. The molecule has 4 heterocycles. The van der Waals surface area contributed by atoms with Gasteiger partial charge in [0.2, 0.25) is 11.8 Å². The number of piperidine rings is 1. The molecule has 8 nitrogen and oxygen atoms in total. The molecule has 170 valence electrons. The van der Waals surface area contributed by atoms with Crippen LogP contribution < -0.4 is 10.6 Å². The van der Waals surface area contributed by atoms with E-state index in [1.807, 2.05) is 12.1 Å². The van der Waals surface area contributed by atoms with E-state index in [4.69, 9.17) is 0 Å². The highest BCUT2D eigenvalue weighted by Crippen LogP contribution is 2.31. The quantitative estimate of drug-likeness (QED) is 0.685. The molecular formula is C23H36N6O2. The standard InChI is InChI=1S/C23H36N6O2/c1-27-11-7-18(8-12-27)29-13-9-20-22(29)23(31)26-16-19(28(20)2)5-6-21(30)25-15-17-4-3-10-24-14-17/h3-4,10,14,18-20,22H,5-9,11-13,15-16H2,1-2H3,(H,25,30)(H,26,31)/t19-,20+,22-/m0/s1. The molecule has 2 N–H and O–H groups in total. The number of hydrogen-bond donors (Lipinski definition) is 2. The van der Waals surface area contributed by atoms with Gasteiger partial charge >= 0.3 is 0 Å². The van der Waals surface area contributed by atoms with Crippen LogP contribution in [0.2, 0.25) is 0 Å². The number of fused-ring (bicyclic) bond motifs is 1. The number of likely N-dealkylation sites (tertiary alicyclic amines) is 2. The van der Waals surface area contributed by atoms with Gasteiger partial charge in [0.25, 0.3) is 0 Å². The van der Waals surface area contributed by atoms with Gasteiger partial charge in [0.1, 0.15) is 6.04 Å². The van der Waals surface area contributed by atoms with Crippen LogP contribution in [0.4, 0.5) is 0 Å². The molecule has 2 amide bonds. The molecule has 0 bridgehead atoms. The maximum atomic E-state index is 13.0. The van der Waals surface area contributed by atoms with Crippen LogP contribution in [0.25, 0.3) is 0 Å². The first-order chi connectivity index (χ1) is 15.0. The fourth-order valence-corrected chi connectivity index (χ4v) is 5.42. The average Bonchev–Trinajstić information content (AvgIpc) is 3.19. The minimum Gasteiger partial charge on any atom is -0.353 e. The lowest BCUT2D eigenvalue weighted by molar-refractivity contribution is -0.127. The zero-order chi connectivity index (χ0) is 21.8. The molecule has 0 spiro atoms. The van der Waals surface area contributed by atoms with E-state index >= 15 is 0 Å². The topological polar surface area (TPSA) is 80.8 Å². The molecule has 3 atom stereocenters. The van der Waals surface area contributed by atoms with Gasteiger partial charge in [-0.15, -0.1) is 0 Å². The summed E-state index contributed by atoms with van der Waals surface area (Å²) in [4.78, 5) is 36.7. The summed E-state index contributed by atoms with van der Waals surface area (Å²) in [5, 5.41) is 6.16. The van der Waals surface area contributed by atoms with Gasteiger partial charge < -0.3 is 15.5 Å². The third-order valence-corrected chi connectivity index (χ3v) is 7.36. The first-order valence-electron chi connectivity index (χ1n) is 11.6. The molecule has 0 aromatic carbocycles. The molecule has 1 aromatic rings. The third-order valence-electron chi connectivity index (χ3n) is 7.36. The molecule has 0 saturated carbocycles. The van der Waals surface area contributed by atoms with Gasteiger partial charge in [-0.05, 0) is 64.5 Å². The number of rotatable bonds is 6. The van der Waals surface area contributed by atoms with Crippen LogP contribution in [0, 0.1) is 0 Å². The van der Waals surface area contributed by atoms with E-state index in [0.717, 1.165) is 50.9 Å². The Hall–Kier alpha value is -2.03. The van der Waals surface area contributed by atoms with Crippen molar-refractivity contribution in [1.29, 1.82) is 0 Å². The van der Waals surface area contributed by atoms with Crippen LogP contribution in [0.3, 0.4) is 0 Å². The van der Waals surface area contributed by atoms with Crippen LogP contribution in [0.5, 0.6) is 0 Å². The molecule has 4 rings (SSSR count). The van der Waals surface area contributed by atoms with Crippen LogP contribution in [-0.2, 0) is 16.1 Å². The van der Waals surface area contributed by atoms with Crippen LogP contribution in [0.1, 0.15) is 37.7 Å². The lowest BCUT2D eigenvalue weighted by Gasteiger charge is -2.39. The summed E-state index contributed by atoms with van der Waals surface area (Å²) in [7, 11) is 4.31. The number of aromatic nitrogens is 1. The number of likely N-dealkylation sites (N-methyl/N-ethyl adjacent to an activating group) is 1. The first-order valence-corrected chi connectivity index (χ1v) is 11.6. The highest BCUT2D eigenvalue weighted by atomic mass is 16.2. The number of nitrogens with one attached hydrogen (secondary N) is 2. The summed E-state index contributed by atoms with van der Waals surface area (Å²) >= 11 is 0. The summed E-state index contributed by atoms with van der Waals surface area (Å²) in [6, 6.07) is 4.67. The Balaban J connectivity index is 1.31. The van der Waals surface area contributed by atoms with Crippen molar-refractivity contribution in [3.8, 4) is 0 Å². The molecule has 31 heavy (non-hydrogen) atoms. The number of amides is 2. The number of pyridine rings is 1. The Kier molecular flexibility index (Phi) is 7.20. The summed E-state index contributed by atoms with van der Waals surface area (Å²) in [6.45, 7) is 4.30. The van der Waals surface area contributed by atoms with Crippen molar-refractivity contribution in [2.75, 3.05) is 40.3 Å². The first kappa shape index (κ1) is 22.2. The molecule has 3 saturated heterocycles. The monoisotopic (exact) mass is 428 g/mol. The number of hydrogen-bond acceptors (Lipinski definition) is 6. The van der Waals surface area contributed by atoms with Crippen LogP contribution in [-0.4, -0.2) is 95.9 Å². The van der Waals surface area contributed by atoms with Gasteiger partial charge in [-0.25, -0.2) is 0 Å². The van der Waals surface area contributed by atoms with E-state index in [1.54, 1.807) is 12.4 Å². The van der Waals surface area contributed by atoms with Crippen molar-refractivity contribution in [3.63, 3.8) is 0 Å². The molecule has 3 fully saturated rings. The lowest BCUT2D eigenvalue weighted by atomic mass is 10.0. The second kappa shape index (κ2) is 10.1. The average molecular weight is 429 g/mol. The van der Waals surface area contributed by atoms with Crippen LogP contribution in [0.15, 0.2) is 24.5 Å². The highest BCUT2D eigenvalue weighted by molar-refractivity contribution is 5.83. The predicted molar refractivity (Wildman–Crippen MR) is 119 cm³/mol. The fraction of sp³-hybridized carbons (Fsp3) is 0.696. The molecule has 0 aliphatic carbocycles. The van der Waals surface area contributed by atoms with Gasteiger partial charge in [-0.2, -0.15) is 0 Å². The van der Waals surface area contributed by atoms with Gasteiger partial charge in [0.05, 0.1) is 0 Å². The number of nitrogens with zero attached hydrogens (tertiary/aromatic N) is 4. The summed E-state index contributed by atoms with van der Waals surface area (Å²) in [5.74, 6) is 0.209. The van der Waals surface area contributed by atoms with Gasteiger partial charge in [-0.3, -0.25) is 24.4 Å². The van der Waals surface area contributed by atoms with E-state index in [9.17, 15) is 9.59 Å². The van der Waals surface area contributed by atoms with Crippen molar-refractivity contribution in [2.45, 2.75) is 62.8 Å². The largest absolute Gasteiger partial charge is 0.353 e. The third kappa shape index (κ3) is 5.25. The van der Waals surface area contributed by atoms with E-state index < -0.39 is 0 Å². The van der Waals surface area contributed by atoms with E-state index in [2.05, 4.69) is 44.4 Å². The minimum absolute atomic E-state index is 0.0451. The van der Waals surface area contributed by atoms with E-state index in [-0.39, 0.29) is 29.9 Å². The Morgan fingerprint density at radius 1 is 1.23 bits per heavy atom. The summed E-state index contributed by atoms with van der Waals surface area (Å²) < 4.78 is 0. The molecule has 8 heteroatoms. The van der Waals surface area contributed by atoms with Crippen molar-refractivity contribution in [3.05, 3.63) is 30.1 Å². The zero-order valence-electron chi connectivity index (χ0n) is 18.8. The SMILES string of the molecule is CN1CCC(N2CC[C@@H]3[C@H]2C(=O)NC[C@H](CCC(=O)NCc2cccnc2)N3C)CC1. The van der Waals surface area contributed by atoms with Crippen molar-refractivity contribution in [1.82, 2.24) is 30.3 Å². The second-order valence-corrected chi connectivity index (χ2v) is 9.31. The van der Waals surface area contributed by atoms with Crippen molar-refractivity contribution < 1.29 is 9.59 Å². The maximum absolute atomic E-state index is 13.0. The normalized spacial score (nSPS) is 28.7. The Morgan fingerprint density at radius 3 is 2.77 bits per heavy atom. The number of carbonyl (C=O) groups is 2. The minimum atomic E-state index is -0.0668. The van der Waals surface area contributed by atoms with E-state index in [1.165, 1.54) is 0 Å². The van der Waals surface area contributed by atoms with Gasteiger partial charge in [-0.1, -0.05) is 6.07 Å². The highest BCUT2D eigenvalue weighted by Gasteiger charge is 2.47. The second-order valence-electron chi connectivity index (χ2n) is 9.31. The molecule has 0 unspecified atom stereocenters. The summed E-state index contributed by atoms with van der Waals surface area (Å²) in [5.41, 5.74) is 0.998. The van der Waals surface area contributed by atoms with Crippen molar-refractivity contribution in [2.24, 2.45) is 0 Å². The maximum Gasteiger partial charge on any atom is 0.239 e. The molecule has 3 aliphatic heterocycles. The van der Waals surface area contributed by atoms with E-state index in [0.29, 0.717) is 25.6 Å². The molecule has 0 radical (unpaired) electrons. The van der Waals surface area contributed by atoms with Gasteiger partial charge in [0.15, 0.2) is 0 Å². The summed E-state index contributed by atoms with van der Waals surface area (Å²) in [6.07, 6.45) is 7.99. The molecular weight excluding hydrogens is 392 g/mol. The Labute approximate surface area is 185 Å². The lowest BCUT2D eigenvalue weighted by Crippen LogP contribution is -2.54. The van der Waals surface area contributed by atoms with Crippen LogP contribution >= 0.6 is 0 Å². The molecule has 1 aromatic heterocycles. The van der Waals surface area contributed by atoms with Gasteiger partial charge in [0, 0.05) is 56.6 Å². The fourth-order valence-electron chi connectivity index (χ4n) is 5.42. The number of carbonyl (C=O) groups excluding carboxylic acids is 2. The Morgan fingerprint density at radius 2 is 2.03 bits per heavy atom. The molecule has 3 aliphatic rings.